The number of benzene rings is 9. The standard InChI is InChI=1S/C89H101BN4/c1-81(2,3)57-28-34-61(35-29-57)91(62-36-30-58(31-37-62)82(4,5)6)65-41-43-73-76(51-65)93-75-55-71-69(54-67(75)56-26-22-21-23-27-56)86(16,17)46-47-87(71,18)70-50-64(40-42-68(70)85(13,14)15)92(63-38-32-59(33-39-63)83(7,8)9)66-52-77(93)79-78(53-66)94-80-72(88(19)44-24-25-45-89(88,94)20)48-60(84(10,11)12)49-74(80)90(73)79/h21-23,26-43,48-55H,24-25,44-47H2,1-20H3. The van der Waals surface area contributed by atoms with Gasteiger partial charge in [0.05, 0.1) is 16.9 Å². The van der Waals surface area contributed by atoms with Gasteiger partial charge in [0.1, 0.15) is 0 Å². The molecule has 0 radical (unpaired) electrons. The van der Waals surface area contributed by atoms with Crippen molar-refractivity contribution in [3.05, 3.63) is 226 Å². The van der Waals surface area contributed by atoms with Gasteiger partial charge in [-0.2, -0.15) is 0 Å². The molecule has 3 atom stereocenters. The highest BCUT2D eigenvalue weighted by atomic mass is 15.3. The van der Waals surface area contributed by atoms with E-state index in [4.69, 9.17) is 0 Å². The molecule has 480 valence electrons. The molecule has 4 aliphatic heterocycles. The second-order valence-electron chi connectivity index (χ2n) is 35.8. The molecule has 9 aromatic rings. The zero-order valence-electron chi connectivity index (χ0n) is 60.4. The summed E-state index contributed by atoms with van der Waals surface area (Å²) < 4.78 is 0. The van der Waals surface area contributed by atoms with E-state index in [9.17, 15) is 0 Å². The van der Waals surface area contributed by atoms with Gasteiger partial charge >= 0.3 is 0 Å². The lowest BCUT2D eigenvalue weighted by atomic mass is 9.33. The second-order valence-corrected chi connectivity index (χ2v) is 35.8. The smallest absolute Gasteiger partial charge is 0.252 e. The number of hydrogen-bond donors (Lipinski definition) is 0. The SMILES string of the molecule is CC(C)(C)c1ccc(N(c2ccc(C(C)(C)C)cc2)c2ccc3c(c2)N2c4cc5c(cc4-c4ccccc4)C(C)(C)CCC5(C)c4cc(ccc4C(C)(C)C)N(c4ccc(C(C)(C)C)cc4)c4cc2c2c(c4)N4c5c(cc(C(C)(C)C)cc5C5(C)CCCCC45C)B32)cc1. The summed E-state index contributed by atoms with van der Waals surface area (Å²) in [6, 6.07) is 71.3. The number of fused-ring (bicyclic) bond motifs is 14. The predicted octanol–water partition coefficient (Wildman–Crippen LogP) is 22.8. The van der Waals surface area contributed by atoms with E-state index in [-0.39, 0.29) is 55.6 Å². The molecule has 94 heavy (non-hydrogen) atoms. The fourth-order valence-corrected chi connectivity index (χ4v) is 18.0. The van der Waals surface area contributed by atoms with E-state index >= 15 is 0 Å². The van der Waals surface area contributed by atoms with Crippen molar-refractivity contribution in [2.75, 3.05) is 19.6 Å². The van der Waals surface area contributed by atoms with Gasteiger partial charge in [-0.3, -0.25) is 0 Å². The Hall–Kier alpha value is -7.76. The van der Waals surface area contributed by atoms with Crippen molar-refractivity contribution in [1.29, 1.82) is 0 Å². The van der Waals surface area contributed by atoms with E-state index in [0.29, 0.717) is 0 Å². The Labute approximate surface area is 564 Å². The summed E-state index contributed by atoms with van der Waals surface area (Å²) in [4.78, 5) is 11.0. The van der Waals surface area contributed by atoms with Gasteiger partial charge in [-0.15, -0.1) is 0 Å². The maximum atomic E-state index is 2.95. The third-order valence-electron chi connectivity index (χ3n) is 24.1. The molecule has 15 rings (SSSR count). The zero-order chi connectivity index (χ0) is 66.6. The summed E-state index contributed by atoms with van der Waals surface area (Å²) in [5.41, 5.74) is 31.8. The summed E-state index contributed by atoms with van der Waals surface area (Å²) >= 11 is 0. The van der Waals surface area contributed by atoms with Gasteiger partial charge in [0.2, 0.25) is 0 Å². The molecule has 6 bridgehead atoms. The van der Waals surface area contributed by atoms with Crippen molar-refractivity contribution in [3.63, 3.8) is 0 Å². The highest BCUT2D eigenvalue weighted by molar-refractivity contribution is 7.00. The summed E-state index contributed by atoms with van der Waals surface area (Å²) in [5, 5.41) is 0. The first-order valence-electron chi connectivity index (χ1n) is 35.5. The zero-order valence-corrected chi connectivity index (χ0v) is 60.4. The molecule has 0 N–H and O–H groups in total. The molecule has 1 saturated carbocycles. The lowest BCUT2D eigenvalue weighted by Gasteiger charge is -2.53. The molecular formula is C89H101BN4. The van der Waals surface area contributed by atoms with Gasteiger partial charge in [-0.05, 0) is 222 Å². The van der Waals surface area contributed by atoms with Crippen molar-refractivity contribution in [2.24, 2.45) is 0 Å². The molecule has 3 unspecified atom stereocenters. The van der Waals surface area contributed by atoms with Crippen LogP contribution in [0.4, 0.5) is 62.6 Å². The molecule has 2 aliphatic carbocycles. The van der Waals surface area contributed by atoms with E-state index in [2.05, 4.69) is 334 Å². The molecule has 0 spiro atoms. The minimum atomic E-state index is -0.353. The maximum absolute atomic E-state index is 2.95. The highest BCUT2D eigenvalue weighted by Gasteiger charge is 2.62. The van der Waals surface area contributed by atoms with Crippen LogP contribution in [0.3, 0.4) is 0 Å². The van der Waals surface area contributed by atoms with Crippen LogP contribution in [0, 0.1) is 0 Å². The molecule has 6 aliphatic rings. The van der Waals surface area contributed by atoms with E-state index < -0.39 is 0 Å². The summed E-state index contributed by atoms with van der Waals surface area (Å²) in [6.07, 6.45) is 6.79. The van der Waals surface area contributed by atoms with Crippen molar-refractivity contribution >= 4 is 85.7 Å². The van der Waals surface area contributed by atoms with Crippen molar-refractivity contribution < 1.29 is 0 Å². The predicted molar refractivity (Wildman–Crippen MR) is 406 cm³/mol. The van der Waals surface area contributed by atoms with Crippen molar-refractivity contribution in [3.8, 4) is 11.1 Å². The minimum absolute atomic E-state index is 0.000684. The largest absolute Gasteiger partial charge is 0.335 e. The first-order valence-corrected chi connectivity index (χ1v) is 35.5. The third kappa shape index (κ3) is 9.40. The van der Waals surface area contributed by atoms with Crippen LogP contribution in [0.5, 0.6) is 0 Å². The number of rotatable bonds is 5. The van der Waals surface area contributed by atoms with Gasteiger partial charge < -0.3 is 19.6 Å². The Morgan fingerprint density at radius 2 is 0.947 bits per heavy atom. The van der Waals surface area contributed by atoms with Crippen LogP contribution in [-0.4, -0.2) is 12.3 Å². The normalized spacial score (nSPS) is 20.9. The molecule has 9 aromatic carbocycles. The van der Waals surface area contributed by atoms with Crippen LogP contribution >= 0.6 is 0 Å². The molecule has 5 heteroatoms. The molecule has 4 nitrogen and oxygen atoms in total. The molecule has 0 aromatic heterocycles. The van der Waals surface area contributed by atoms with Gasteiger partial charge in [0, 0.05) is 67.6 Å². The molecule has 0 saturated heterocycles. The second kappa shape index (κ2) is 20.6. The summed E-state index contributed by atoms with van der Waals surface area (Å²) in [7, 11) is 0. The van der Waals surface area contributed by atoms with Crippen LogP contribution in [0.1, 0.15) is 227 Å². The molecule has 4 heterocycles. The fourth-order valence-electron chi connectivity index (χ4n) is 18.0. The number of hydrogen-bond acceptors (Lipinski definition) is 4. The van der Waals surface area contributed by atoms with E-state index in [1.54, 1.807) is 0 Å². The van der Waals surface area contributed by atoms with Crippen LogP contribution in [0.25, 0.3) is 11.1 Å². The fraction of sp³-hybridized carbons (Fsp3) is 0.393. The Morgan fingerprint density at radius 3 is 1.54 bits per heavy atom. The van der Waals surface area contributed by atoms with E-state index in [1.165, 1.54) is 136 Å². The maximum Gasteiger partial charge on any atom is 0.252 e. The topological polar surface area (TPSA) is 13.0 Å². The van der Waals surface area contributed by atoms with Crippen LogP contribution in [-0.2, 0) is 43.3 Å². The van der Waals surface area contributed by atoms with Crippen LogP contribution in [0.15, 0.2) is 176 Å². The average Bonchev–Trinajstić information content (AvgIpc) is 1.43. The van der Waals surface area contributed by atoms with E-state index in [1.807, 2.05) is 0 Å². The van der Waals surface area contributed by atoms with E-state index in [0.717, 1.165) is 42.7 Å². The molecule has 1 fully saturated rings. The van der Waals surface area contributed by atoms with Crippen molar-refractivity contribution in [1.82, 2.24) is 0 Å². The molecular weight excluding hydrogens is 1140 g/mol. The first-order chi connectivity index (χ1) is 44.1. The Morgan fingerprint density at radius 1 is 0.383 bits per heavy atom. The van der Waals surface area contributed by atoms with Gasteiger partial charge in [0.15, 0.2) is 0 Å². The lowest BCUT2D eigenvalue weighted by molar-refractivity contribution is 0.195. The molecule has 0 amide bonds. The number of nitrogens with zero attached hydrogens (tertiary/aromatic N) is 4. The van der Waals surface area contributed by atoms with Gasteiger partial charge in [0.25, 0.3) is 6.71 Å². The quantitative estimate of drug-likeness (QED) is 0.159. The minimum Gasteiger partial charge on any atom is -0.335 e. The van der Waals surface area contributed by atoms with Crippen LogP contribution < -0.4 is 36.0 Å². The van der Waals surface area contributed by atoms with Crippen LogP contribution in [0.2, 0.25) is 0 Å². The Kier molecular flexibility index (Phi) is 13.7. The summed E-state index contributed by atoms with van der Waals surface area (Å²) in [6.45, 7) is 48.4. The van der Waals surface area contributed by atoms with Gasteiger partial charge in [-0.25, -0.2) is 0 Å². The first kappa shape index (κ1) is 62.4. The number of anilines is 11. The Bertz CT molecular complexity index is 4480. The monoisotopic (exact) mass is 1240 g/mol. The van der Waals surface area contributed by atoms with Gasteiger partial charge in [-0.1, -0.05) is 235 Å². The average molecular weight is 1240 g/mol. The summed E-state index contributed by atoms with van der Waals surface area (Å²) in [5.74, 6) is 0. The van der Waals surface area contributed by atoms with Crippen molar-refractivity contribution in [2.45, 2.75) is 226 Å². The lowest BCUT2D eigenvalue weighted by Crippen LogP contribution is -2.64. The third-order valence-corrected chi connectivity index (χ3v) is 24.1. The Balaban J connectivity index is 1.14. The highest BCUT2D eigenvalue weighted by Crippen LogP contribution is 2.64.